The number of carbonyl (C=O) groups excluding carboxylic acids is 1. The summed E-state index contributed by atoms with van der Waals surface area (Å²) in [5, 5.41) is 3.05. The van der Waals surface area contributed by atoms with Crippen LogP contribution in [-0.4, -0.2) is 40.6 Å². The number of aryl methyl sites for hydroxylation is 3. The summed E-state index contributed by atoms with van der Waals surface area (Å²) >= 11 is 0. The van der Waals surface area contributed by atoms with E-state index in [2.05, 4.69) is 41.4 Å². The van der Waals surface area contributed by atoms with Crippen molar-refractivity contribution in [3.63, 3.8) is 0 Å². The predicted molar refractivity (Wildman–Crippen MR) is 122 cm³/mol. The number of imidazole rings is 1. The van der Waals surface area contributed by atoms with Crippen molar-refractivity contribution in [1.29, 1.82) is 0 Å². The van der Waals surface area contributed by atoms with Gasteiger partial charge in [-0.15, -0.1) is 0 Å². The van der Waals surface area contributed by atoms with Crippen LogP contribution in [0, 0.1) is 0 Å². The lowest BCUT2D eigenvalue weighted by molar-refractivity contribution is -0.121. The van der Waals surface area contributed by atoms with Crippen molar-refractivity contribution in [1.82, 2.24) is 19.4 Å². The molecule has 6 nitrogen and oxygen atoms in total. The van der Waals surface area contributed by atoms with E-state index in [9.17, 15) is 9.59 Å². The predicted octanol–water partition coefficient (Wildman–Crippen LogP) is 3.19. The molecule has 30 heavy (non-hydrogen) atoms. The van der Waals surface area contributed by atoms with Crippen LogP contribution in [0.2, 0.25) is 0 Å². The minimum atomic E-state index is -0.0614. The molecule has 1 heterocycles. The van der Waals surface area contributed by atoms with Gasteiger partial charge in [0.2, 0.25) is 5.91 Å². The van der Waals surface area contributed by atoms with Crippen LogP contribution in [0.1, 0.15) is 37.4 Å². The van der Waals surface area contributed by atoms with E-state index in [1.165, 1.54) is 11.1 Å². The Labute approximate surface area is 178 Å². The molecule has 3 aromatic rings. The molecule has 1 unspecified atom stereocenters. The Balaban J connectivity index is 1.65. The molecule has 3 rings (SSSR count). The fourth-order valence-corrected chi connectivity index (χ4v) is 3.88. The van der Waals surface area contributed by atoms with Crippen molar-refractivity contribution in [2.24, 2.45) is 0 Å². The molecule has 1 amide bonds. The molecule has 2 aromatic carbocycles. The number of aromatic nitrogens is 2. The molecule has 1 N–H and O–H groups in total. The van der Waals surface area contributed by atoms with E-state index in [1.807, 2.05) is 45.3 Å². The molecule has 0 saturated carbocycles. The maximum absolute atomic E-state index is 12.7. The van der Waals surface area contributed by atoms with Gasteiger partial charge in [-0.05, 0) is 50.7 Å². The molecule has 0 fully saturated rings. The molecule has 0 aliphatic carbocycles. The van der Waals surface area contributed by atoms with Gasteiger partial charge in [-0.2, -0.15) is 0 Å². The fourth-order valence-electron chi connectivity index (χ4n) is 3.88. The Morgan fingerprint density at radius 3 is 2.20 bits per heavy atom. The molecule has 6 heteroatoms. The highest BCUT2D eigenvalue weighted by Crippen LogP contribution is 2.18. The number of nitrogens with one attached hydrogen (secondary N) is 1. The standard InChI is InChI=1S/C24H32N4O2/c1-5-18-11-13-19(14-12-18)22(26(3)4)17-25-23(29)15-16-28-21-10-8-7-9-20(21)27(6-2)24(28)30/h7-14,22H,5-6,15-17H2,1-4H3,(H,25,29). The Morgan fingerprint density at radius 1 is 1.00 bits per heavy atom. The van der Waals surface area contributed by atoms with E-state index in [4.69, 9.17) is 0 Å². The first kappa shape index (κ1) is 21.8. The maximum Gasteiger partial charge on any atom is 0.329 e. The van der Waals surface area contributed by atoms with Gasteiger partial charge in [-0.3, -0.25) is 13.9 Å². The van der Waals surface area contributed by atoms with Crippen LogP contribution in [0.5, 0.6) is 0 Å². The minimum Gasteiger partial charge on any atom is -0.354 e. The summed E-state index contributed by atoms with van der Waals surface area (Å²) in [6, 6.07) is 16.4. The number of nitrogens with zero attached hydrogens (tertiary/aromatic N) is 3. The molecule has 0 aliphatic heterocycles. The summed E-state index contributed by atoms with van der Waals surface area (Å²) in [5.74, 6) is -0.0488. The van der Waals surface area contributed by atoms with Crippen LogP contribution in [0.4, 0.5) is 0 Å². The van der Waals surface area contributed by atoms with Crippen molar-refractivity contribution < 1.29 is 4.79 Å². The van der Waals surface area contributed by atoms with Crippen molar-refractivity contribution in [3.8, 4) is 0 Å². The van der Waals surface area contributed by atoms with Gasteiger partial charge in [0.25, 0.3) is 0 Å². The molecule has 0 bridgehead atoms. The summed E-state index contributed by atoms with van der Waals surface area (Å²) in [6.45, 7) is 5.61. The second kappa shape index (κ2) is 9.76. The highest BCUT2D eigenvalue weighted by atomic mass is 16.2. The van der Waals surface area contributed by atoms with Gasteiger partial charge >= 0.3 is 5.69 Å². The zero-order valence-corrected chi connectivity index (χ0v) is 18.4. The van der Waals surface area contributed by atoms with E-state index >= 15 is 0 Å². The van der Waals surface area contributed by atoms with Gasteiger partial charge < -0.3 is 10.2 Å². The third kappa shape index (κ3) is 4.65. The Bertz CT molecular complexity index is 1050. The molecular formula is C24H32N4O2. The molecular weight excluding hydrogens is 376 g/mol. The van der Waals surface area contributed by atoms with Crippen LogP contribution in [0.25, 0.3) is 11.0 Å². The fraction of sp³-hybridized carbons (Fsp3) is 0.417. The Kier molecular flexibility index (Phi) is 7.11. The van der Waals surface area contributed by atoms with Crippen molar-refractivity contribution in [2.45, 2.75) is 45.8 Å². The van der Waals surface area contributed by atoms with E-state index in [0.29, 0.717) is 19.6 Å². The van der Waals surface area contributed by atoms with E-state index in [0.717, 1.165) is 17.5 Å². The van der Waals surface area contributed by atoms with Gasteiger partial charge in [-0.25, -0.2) is 4.79 Å². The van der Waals surface area contributed by atoms with Crippen LogP contribution >= 0.6 is 0 Å². The lowest BCUT2D eigenvalue weighted by Crippen LogP contribution is -2.35. The Hall–Kier alpha value is -2.86. The maximum atomic E-state index is 12.7. The van der Waals surface area contributed by atoms with Crippen molar-refractivity contribution in [3.05, 3.63) is 70.1 Å². The largest absolute Gasteiger partial charge is 0.354 e. The number of fused-ring (bicyclic) bond motifs is 1. The summed E-state index contributed by atoms with van der Waals surface area (Å²) < 4.78 is 3.45. The number of para-hydroxylation sites is 2. The molecule has 0 aliphatic rings. The summed E-state index contributed by atoms with van der Waals surface area (Å²) in [6.07, 6.45) is 1.28. The second-order valence-electron chi connectivity index (χ2n) is 7.80. The molecule has 1 atom stereocenters. The van der Waals surface area contributed by atoms with Crippen LogP contribution in [-0.2, 0) is 24.3 Å². The number of benzene rings is 2. The van der Waals surface area contributed by atoms with E-state index in [-0.39, 0.29) is 24.1 Å². The normalized spacial score (nSPS) is 12.4. The average molecular weight is 409 g/mol. The number of likely N-dealkylation sites (N-methyl/N-ethyl adjacent to an activating group) is 1. The number of rotatable bonds is 9. The summed E-state index contributed by atoms with van der Waals surface area (Å²) in [5.41, 5.74) is 4.21. The van der Waals surface area contributed by atoms with Gasteiger partial charge in [0, 0.05) is 26.1 Å². The highest BCUT2D eigenvalue weighted by molar-refractivity contribution is 5.78. The SMILES string of the molecule is CCc1ccc(C(CNC(=O)CCn2c(=O)n(CC)c3ccccc32)N(C)C)cc1. The van der Waals surface area contributed by atoms with Crippen LogP contribution in [0.3, 0.4) is 0 Å². The van der Waals surface area contributed by atoms with Gasteiger partial charge in [0.05, 0.1) is 17.1 Å². The van der Waals surface area contributed by atoms with Gasteiger partial charge in [0.15, 0.2) is 0 Å². The second-order valence-corrected chi connectivity index (χ2v) is 7.80. The quantitative estimate of drug-likeness (QED) is 0.592. The monoisotopic (exact) mass is 408 g/mol. The number of amides is 1. The highest BCUT2D eigenvalue weighted by Gasteiger charge is 2.16. The zero-order valence-electron chi connectivity index (χ0n) is 18.4. The van der Waals surface area contributed by atoms with E-state index in [1.54, 1.807) is 9.13 Å². The first-order valence-electron chi connectivity index (χ1n) is 10.7. The average Bonchev–Trinajstić information content (AvgIpc) is 3.03. The third-order valence-corrected chi connectivity index (χ3v) is 5.69. The Morgan fingerprint density at radius 2 is 1.63 bits per heavy atom. The molecule has 1 aromatic heterocycles. The topological polar surface area (TPSA) is 59.3 Å². The molecule has 0 spiro atoms. The van der Waals surface area contributed by atoms with Gasteiger partial charge in [-0.1, -0.05) is 43.3 Å². The first-order chi connectivity index (χ1) is 14.5. The van der Waals surface area contributed by atoms with Gasteiger partial charge in [0.1, 0.15) is 0 Å². The van der Waals surface area contributed by atoms with Crippen molar-refractivity contribution in [2.75, 3.05) is 20.6 Å². The number of carbonyl (C=O) groups is 1. The molecule has 0 saturated heterocycles. The molecule has 160 valence electrons. The third-order valence-electron chi connectivity index (χ3n) is 5.69. The zero-order chi connectivity index (χ0) is 21.7. The van der Waals surface area contributed by atoms with Crippen LogP contribution < -0.4 is 11.0 Å². The lowest BCUT2D eigenvalue weighted by Gasteiger charge is -2.25. The summed E-state index contributed by atoms with van der Waals surface area (Å²) in [7, 11) is 4.04. The number of hydrogen-bond acceptors (Lipinski definition) is 3. The minimum absolute atomic E-state index is 0.0488. The van der Waals surface area contributed by atoms with Crippen LogP contribution in [0.15, 0.2) is 53.3 Å². The lowest BCUT2D eigenvalue weighted by atomic mass is 10.0. The van der Waals surface area contributed by atoms with E-state index < -0.39 is 0 Å². The molecule has 0 radical (unpaired) electrons. The van der Waals surface area contributed by atoms with Crippen molar-refractivity contribution >= 4 is 16.9 Å². The number of hydrogen-bond donors (Lipinski definition) is 1. The first-order valence-corrected chi connectivity index (χ1v) is 10.7. The smallest absolute Gasteiger partial charge is 0.329 e. The summed E-state index contributed by atoms with van der Waals surface area (Å²) in [4.78, 5) is 27.4.